The summed E-state index contributed by atoms with van der Waals surface area (Å²) in [5.74, 6) is -2.36. The molecule has 148 valence electrons. The summed E-state index contributed by atoms with van der Waals surface area (Å²) >= 11 is 0. The lowest BCUT2D eigenvalue weighted by molar-refractivity contribution is -0.139. The van der Waals surface area contributed by atoms with Crippen molar-refractivity contribution in [1.29, 1.82) is 0 Å². The van der Waals surface area contributed by atoms with Crippen molar-refractivity contribution in [3.8, 4) is 0 Å². The van der Waals surface area contributed by atoms with Crippen molar-refractivity contribution >= 4 is 23.5 Å². The predicted molar refractivity (Wildman–Crippen MR) is 94.8 cm³/mol. The Hall–Kier alpha value is -3.36. The van der Waals surface area contributed by atoms with Crippen LogP contribution in [0.5, 0.6) is 0 Å². The Morgan fingerprint density at radius 2 is 1.71 bits per heavy atom. The number of halogens is 3. The van der Waals surface area contributed by atoms with Crippen LogP contribution < -0.4 is 10.6 Å². The molecule has 2 aromatic rings. The number of carbonyl (C=O) groups is 3. The molecule has 0 spiro atoms. The molecule has 6 nitrogen and oxygen atoms in total. The third-order valence-electron chi connectivity index (χ3n) is 3.77. The number of benzene rings is 2. The van der Waals surface area contributed by atoms with Crippen LogP contribution in [0.1, 0.15) is 28.4 Å². The number of rotatable bonds is 6. The average molecular weight is 394 g/mol. The number of amides is 2. The van der Waals surface area contributed by atoms with Crippen LogP contribution in [0, 0.1) is 0 Å². The van der Waals surface area contributed by atoms with E-state index in [4.69, 9.17) is 0 Å². The van der Waals surface area contributed by atoms with Gasteiger partial charge in [0.05, 0.1) is 5.56 Å². The largest absolute Gasteiger partial charge is 0.480 e. The second-order valence-electron chi connectivity index (χ2n) is 6.03. The van der Waals surface area contributed by atoms with Gasteiger partial charge in [0.1, 0.15) is 6.04 Å². The summed E-state index contributed by atoms with van der Waals surface area (Å²) in [7, 11) is 0. The lowest BCUT2D eigenvalue weighted by Crippen LogP contribution is -2.42. The van der Waals surface area contributed by atoms with Gasteiger partial charge in [0.2, 0.25) is 5.91 Å². The number of hydrogen-bond acceptors (Lipinski definition) is 3. The fourth-order valence-corrected chi connectivity index (χ4v) is 2.46. The molecule has 0 unspecified atom stereocenters. The normalized spacial score (nSPS) is 12.1. The molecule has 0 aliphatic rings. The first kappa shape index (κ1) is 20.9. The average Bonchev–Trinajstić information content (AvgIpc) is 2.60. The Kier molecular flexibility index (Phi) is 6.40. The fourth-order valence-electron chi connectivity index (χ4n) is 2.46. The van der Waals surface area contributed by atoms with Gasteiger partial charge in [-0.1, -0.05) is 18.2 Å². The summed E-state index contributed by atoms with van der Waals surface area (Å²) in [6, 6.07) is 8.59. The molecule has 0 saturated heterocycles. The van der Waals surface area contributed by atoms with Gasteiger partial charge in [-0.25, -0.2) is 4.79 Å². The first-order chi connectivity index (χ1) is 13.1. The third-order valence-corrected chi connectivity index (χ3v) is 3.77. The third kappa shape index (κ3) is 5.83. The molecule has 0 bridgehead atoms. The molecule has 3 N–H and O–H groups in total. The van der Waals surface area contributed by atoms with Crippen LogP contribution in [-0.2, 0) is 22.2 Å². The number of carboxylic acids is 1. The summed E-state index contributed by atoms with van der Waals surface area (Å²) < 4.78 is 38.4. The van der Waals surface area contributed by atoms with Crippen molar-refractivity contribution in [2.24, 2.45) is 0 Å². The molecule has 0 aromatic heterocycles. The Morgan fingerprint density at radius 3 is 2.25 bits per heavy atom. The number of carboxylic acid groups (broad SMARTS) is 1. The topological polar surface area (TPSA) is 95.5 Å². The summed E-state index contributed by atoms with van der Waals surface area (Å²) in [6.45, 7) is 1.33. The van der Waals surface area contributed by atoms with Crippen molar-refractivity contribution in [2.75, 3.05) is 5.32 Å². The number of hydrogen-bond donors (Lipinski definition) is 3. The van der Waals surface area contributed by atoms with Crippen molar-refractivity contribution < 1.29 is 32.7 Å². The minimum Gasteiger partial charge on any atom is -0.480 e. The first-order valence-corrected chi connectivity index (χ1v) is 8.13. The van der Waals surface area contributed by atoms with Gasteiger partial charge in [0.15, 0.2) is 0 Å². The summed E-state index contributed by atoms with van der Waals surface area (Å²) in [5.41, 5.74) is -0.162. The minimum absolute atomic E-state index is 0.128. The van der Waals surface area contributed by atoms with Gasteiger partial charge in [0.25, 0.3) is 5.91 Å². The van der Waals surface area contributed by atoms with Crippen LogP contribution >= 0.6 is 0 Å². The highest BCUT2D eigenvalue weighted by atomic mass is 19.4. The Bertz CT molecular complexity index is 879. The van der Waals surface area contributed by atoms with Gasteiger partial charge in [-0.15, -0.1) is 0 Å². The first-order valence-electron chi connectivity index (χ1n) is 8.13. The minimum atomic E-state index is -4.55. The summed E-state index contributed by atoms with van der Waals surface area (Å²) in [5, 5.41) is 14.1. The van der Waals surface area contributed by atoms with Gasteiger partial charge in [-0.2, -0.15) is 13.2 Å². The van der Waals surface area contributed by atoms with Crippen LogP contribution in [0.4, 0.5) is 18.9 Å². The van der Waals surface area contributed by atoms with E-state index in [9.17, 15) is 32.7 Å². The zero-order valence-corrected chi connectivity index (χ0v) is 14.7. The van der Waals surface area contributed by atoms with Crippen LogP contribution in [0.3, 0.4) is 0 Å². The number of alkyl halides is 3. The molecule has 0 saturated carbocycles. The molecular formula is C19H17F3N2O4. The zero-order chi connectivity index (χ0) is 20.9. The molecule has 0 heterocycles. The molecule has 28 heavy (non-hydrogen) atoms. The molecule has 9 heteroatoms. The Morgan fingerprint density at radius 1 is 1.07 bits per heavy atom. The number of aliphatic carboxylic acids is 1. The van der Waals surface area contributed by atoms with E-state index in [0.29, 0.717) is 5.69 Å². The highest BCUT2D eigenvalue weighted by Crippen LogP contribution is 2.29. The van der Waals surface area contributed by atoms with E-state index in [2.05, 4.69) is 10.6 Å². The van der Waals surface area contributed by atoms with E-state index >= 15 is 0 Å². The second kappa shape index (κ2) is 8.55. The Balaban J connectivity index is 2.11. The van der Waals surface area contributed by atoms with Crippen molar-refractivity contribution in [3.05, 3.63) is 65.2 Å². The molecule has 0 fully saturated rings. The molecule has 2 aromatic carbocycles. The van der Waals surface area contributed by atoms with E-state index in [1.807, 2.05) is 0 Å². The van der Waals surface area contributed by atoms with Gasteiger partial charge < -0.3 is 15.7 Å². The van der Waals surface area contributed by atoms with E-state index < -0.39 is 29.7 Å². The SMILES string of the molecule is CC(=O)Nc1ccc(C(=O)N[C@H](Cc2cccc(C(F)(F)F)c2)C(=O)O)cc1. The summed E-state index contributed by atoms with van der Waals surface area (Å²) in [6.07, 6.45) is -4.86. The molecule has 2 amide bonds. The maximum atomic E-state index is 12.8. The van der Waals surface area contributed by atoms with Crippen molar-refractivity contribution in [1.82, 2.24) is 5.32 Å². The number of nitrogens with one attached hydrogen (secondary N) is 2. The molecule has 0 radical (unpaired) electrons. The van der Waals surface area contributed by atoms with Gasteiger partial charge in [-0.3, -0.25) is 9.59 Å². The monoisotopic (exact) mass is 394 g/mol. The lowest BCUT2D eigenvalue weighted by atomic mass is 10.0. The zero-order valence-electron chi connectivity index (χ0n) is 14.7. The maximum absolute atomic E-state index is 12.8. The smallest absolute Gasteiger partial charge is 0.416 e. The Labute approximate surface area is 158 Å². The van der Waals surface area contributed by atoms with Gasteiger partial charge >= 0.3 is 12.1 Å². The summed E-state index contributed by atoms with van der Waals surface area (Å²) in [4.78, 5) is 34.7. The van der Waals surface area contributed by atoms with Crippen LogP contribution in [0.25, 0.3) is 0 Å². The quantitative estimate of drug-likeness (QED) is 0.702. The van der Waals surface area contributed by atoms with E-state index in [1.165, 1.54) is 43.3 Å². The van der Waals surface area contributed by atoms with E-state index in [1.54, 1.807) is 0 Å². The standard InChI is InChI=1S/C19H17F3N2O4/c1-11(25)23-15-7-5-13(6-8-15)17(26)24-16(18(27)28)10-12-3-2-4-14(9-12)19(20,21)22/h2-9,16H,10H2,1H3,(H,23,25)(H,24,26)(H,27,28)/t16-/m1/s1. The van der Waals surface area contributed by atoms with Crippen LogP contribution in [-0.4, -0.2) is 28.9 Å². The van der Waals surface area contributed by atoms with E-state index in [-0.39, 0.29) is 23.5 Å². The van der Waals surface area contributed by atoms with Gasteiger partial charge in [-0.05, 0) is 35.9 Å². The second-order valence-corrected chi connectivity index (χ2v) is 6.03. The molecule has 0 aliphatic heterocycles. The van der Waals surface area contributed by atoms with Crippen molar-refractivity contribution in [2.45, 2.75) is 25.6 Å². The highest BCUT2D eigenvalue weighted by molar-refractivity contribution is 5.97. The lowest BCUT2D eigenvalue weighted by Gasteiger charge is -2.16. The highest BCUT2D eigenvalue weighted by Gasteiger charge is 2.31. The molecule has 0 aliphatic carbocycles. The van der Waals surface area contributed by atoms with Gasteiger partial charge in [0, 0.05) is 24.6 Å². The van der Waals surface area contributed by atoms with Crippen molar-refractivity contribution in [3.63, 3.8) is 0 Å². The number of anilines is 1. The molecule has 2 rings (SSSR count). The molecule has 1 atom stereocenters. The predicted octanol–water partition coefficient (Wildman–Crippen LogP) is 3.09. The number of carbonyl (C=O) groups excluding carboxylic acids is 2. The fraction of sp³-hybridized carbons (Fsp3) is 0.211. The van der Waals surface area contributed by atoms with Crippen LogP contribution in [0.15, 0.2) is 48.5 Å². The maximum Gasteiger partial charge on any atom is 0.416 e. The molecular weight excluding hydrogens is 377 g/mol. The van der Waals surface area contributed by atoms with Crippen LogP contribution in [0.2, 0.25) is 0 Å². The van der Waals surface area contributed by atoms with E-state index in [0.717, 1.165) is 12.1 Å².